The van der Waals surface area contributed by atoms with Crippen molar-refractivity contribution in [3.63, 3.8) is 0 Å². The first kappa shape index (κ1) is 14.9. The summed E-state index contributed by atoms with van der Waals surface area (Å²) in [5.41, 5.74) is 2.54. The summed E-state index contributed by atoms with van der Waals surface area (Å²) in [6.07, 6.45) is 4.25. The van der Waals surface area contributed by atoms with Crippen LogP contribution in [0.4, 0.5) is 8.78 Å². The van der Waals surface area contributed by atoms with Gasteiger partial charge in [0.2, 0.25) is 5.92 Å². The summed E-state index contributed by atoms with van der Waals surface area (Å²) in [7, 11) is 0. The Morgan fingerprint density at radius 3 is 2.88 bits per heavy atom. The highest BCUT2D eigenvalue weighted by molar-refractivity contribution is 7.18. The third-order valence-electron chi connectivity index (χ3n) is 4.69. The van der Waals surface area contributed by atoms with E-state index in [9.17, 15) is 8.78 Å². The fourth-order valence-electron chi connectivity index (χ4n) is 3.42. The predicted octanol–water partition coefficient (Wildman–Crippen LogP) is 4.82. The second kappa shape index (κ2) is 5.29. The monoisotopic (exact) mass is 356 g/mol. The van der Waals surface area contributed by atoms with Crippen LogP contribution in [-0.2, 0) is 6.42 Å². The molecule has 0 bridgehead atoms. The van der Waals surface area contributed by atoms with Crippen molar-refractivity contribution in [3.05, 3.63) is 41.5 Å². The Morgan fingerprint density at radius 2 is 2.04 bits per heavy atom. The number of halogens is 2. The average Bonchev–Trinajstić information content (AvgIpc) is 3.17. The van der Waals surface area contributed by atoms with Crippen LogP contribution in [0.3, 0.4) is 0 Å². The normalized spacial score (nSPS) is 17.2. The van der Waals surface area contributed by atoms with Crippen LogP contribution < -0.4 is 0 Å². The Labute approximate surface area is 145 Å². The molecule has 25 heavy (non-hydrogen) atoms. The maximum Gasteiger partial charge on any atom is 0.248 e. The highest BCUT2D eigenvalue weighted by Crippen LogP contribution is 2.44. The third kappa shape index (κ3) is 2.68. The Balaban J connectivity index is 1.45. The molecule has 4 heterocycles. The van der Waals surface area contributed by atoms with E-state index in [0.29, 0.717) is 6.42 Å². The molecule has 0 aromatic carbocycles. The van der Waals surface area contributed by atoms with Crippen LogP contribution in [0.25, 0.3) is 32.5 Å². The minimum atomic E-state index is -2.45. The van der Waals surface area contributed by atoms with Crippen LogP contribution in [0.15, 0.2) is 36.7 Å². The number of aromatic amines is 1. The number of alkyl halides is 2. The van der Waals surface area contributed by atoms with Gasteiger partial charge in [-0.05, 0) is 36.6 Å². The van der Waals surface area contributed by atoms with Crippen LogP contribution in [0.1, 0.15) is 17.7 Å². The molecular weight excluding hydrogens is 342 g/mol. The fourth-order valence-corrected chi connectivity index (χ4v) is 4.56. The molecule has 126 valence electrons. The zero-order chi connectivity index (χ0) is 17.0. The third-order valence-corrected chi connectivity index (χ3v) is 5.75. The second-order valence-electron chi connectivity index (χ2n) is 6.67. The van der Waals surface area contributed by atoms with Crippen LogP contribution in [0, 0.1) is 5.92 Å². The molecule has 0 spiro atoms. The number of nitrogens with one attached hydrogen (secondary N) is 1. The molecular formula is C18H14F2N4S. The Morgan fingerprint density at radius 1 is 1.16 bits per heavy atom. The highest BCUT2D eigenvalue weighted by Gasteiger charge is 2.45. The van der Waals surface area contributed by atoms with Crippen molar-refractivity contribution in [3.8, 4) is 11.3 Å². The molecule has 0 radical (unpaired) electrons. The van der Waals surface area contributed by atoms with Crippen molar-refractivity contribution >= 4 is 32.6 Å². The van der Waals surface area contributed by atoms with Crippen LogP contribution in [-0.4, -0.2) is 26.1 Å². The number of thiophene rings is 1. The van der Waals surface area contributed by atoms with Gasteiger partial charge in [0, 0.05) is 40.3 Å². The van der Waals surface area contributed by atoms with Crippen molar-refractivity contribution in [2.45, 2.75) is 25.2 Å². The van der Waals surface area contributed by atoms with Crippen molar-refractivity contribution in [1.82, 2.24) is 20.2 Å². The van der Waals surface area contributed by atoms with Gasteiger partial charge in [-0.15, -0.1) is 11.3 Å². The van der Waals surface area contributed by atoms with Crippen LogP contribution in [0.2, 0.25) is 0 Å². The number of H-pyrrole nitrogens is 1. The molecule has 7 heteroatoms. The van der Waals surface area contributed by atoms with E-state index in [1.54, 1.807) is 23.7 Å². The number of rotatable bonds is 3. The first-order valence-electron chi connectivity index (χ1n) is 8.13. The van der Waals surface area contributed by atoms with Gasteiger partial charge in [0.05, 0.1) is 11.9 Å². The molecule has 5 rings (SSSR count). The standard InChI is InChI=1S/C18H14F2N4S/c19-18(20)6-10(7-18)3-14-5-11-1-2-15(23-17(11)25-14)12-4-13-9-22-24-16(13)21-8-12/h1-2,4-5,8-10H,3,6-7H2,(H,21,22,24). The van der Waals surface area contributed by atoms with Crippen LogP contribution >= 0.6 is 11.3 Å². The van der Waals surface area contributed by atoms with Crippen molar-refractivity contribution in [1.29, 1.82) is 0 Å². The van der Waals surface area contributed by atoms with Gasteiger partial charge >= 0.3 is 0 Å². The predicted molar refractivity (Wildman–Crippen MR) is 93.9 cm³/mol. The first-order valence-corrected chi connectivity index (χ1v) is 8.94. The molecule has 0 saturated heterocycles. The summed E-state index contributed by atoms with van der Waals surface area (Å²) in [5.74, 6) is -2.36. The van der Waals surface area contributed by atoms with E-state index in [0.717, 1.165) is 37.4 Å². The van der Waals surface area contributed by atoms with Gasteiger partial charge < -0.3 is 0 Å². The minimum absolute atomic E-state index is 0.0102. The molecule has 0 atom stereocenters. The number of hydrogen-bond donors (Lipinski definition) is 1. The summed E-state index contributed by atoms with van der Waals surface area (Å²) >= 11 is 1.59. The van der Waals surface area contributed by atoms with E-state index in [1.165, 1.54) is 0 Å². The van der Waals surface area contributed by atoms with E-state index in [2.05, 4.69) is 21.2 Å². The molecule has 0 aliphatic heterocycles. The maximum atomic E-state index is 13.0. The number of hydrogen-bond acceptors (Lipinski definition) is 4. The molecule has 1 aliphatic carbocycles. The van der Waals surface area contributed by atoms with Gasteiger partial charge in [-0.2, -0.15) is 5.10 Å². The number of pyridine rings is 2. The molecule has 4 aromatic heterocycles. The summed E-state index contributed by atoms with van der Waals surface area (Å²) < 4.78 is 26.0. The molecule has 0 amide bonds. The van der Waals surface area contributed by atoms with E-state index >= 15 is 0 Å². The van der Waals surface area contributed by atoms with Crippen molar-refractivity contribution in [2.75, 3.05) is 0 Å². The smallest absolute Gasteiger partial charge is 0.248 e. The highest BCUT2D eigenvalue weighted by atomic mass is 32.1. The second-order valence-corrected chi connectivity index (χ2v) is 7.78. The summed E-state index contributed by atoms with van der Waals surface area (Å²) in [4.78, 5) is 11.1. The largest absolute Gasteiger partial charge is 0.261 e. The molecule has 1 saturated carbocycles. The molecule has 4 aromatic rings. The molecule has 4 nitrogen and oxygen atoms in total. The maximum absolute atomic E-state index is 13.0. The van der Waals surface area contributed by atoms with Gasteiger partial charge in [0.25, 0.3) is 0 Å². The number of nitrogens with zero attached hydrogens (tertiary/aromatic N) is 3. The zero-order valence-corrected chi connectivity index (χ0v) is 14.0. The van der Waals surface area contributed by atoms with Gasteiger partial charge in [0.1, 0.15) is 4.83 Å². The average molecular weight is 356 g/mol. The number of fused-ring (bicyclic) bond motifs is 2. The van der Waals surface area contributed by atoms with Crippen molar-refractivity contribution < 1.29 is 8.78 Å². The lowest BCUT2D eigenvalue weighted by molar-refractivity contribution is -0.109. The summed E-state index contributed by atoms with van der Waals surface area (Å²) in [6.45, 7) is 0. The van der Waals surface area contributed by atoms with E-state index in [-0.39, 0.29) is 18.8 Å². The Kier molecular flexibility index (Phi) is 3.15. The summed E-state index contributed by atoms with van der Waals surface area (Å²) in [5, 5.41) is 8.82. The molecule has 0 unspecified atom stereocenters. The van der Waals surface area contributed by atoms with Gasteiger partial charge in [-0.25, -0.2) is 18.7 Å². The van der Waals surface area contributed by atoms with Gasteiger partial charge in [-0.3, -0.25) is 5.10 Å². The lowest BCUT2D eigenvalue weighted by atomic mass is 9.79. The zero-order valence-electron chi connectivity index (χ0n) is 13.2. The SMILES string of the molecule is FC1(F)CC(Cc2cc3ccc(-c4cnc5[nH]ncc5c4)nc3s2)C1. The lowest BCUT2D eigenvalue weighted by Crippen LogP contribution is -2.36. The van der Waals surface area contributed by atoms with Crippen molar-refractivity contribution in [2.24, 2.45) is 5.92 Å². The quantitative estimate of drug-likeness (QED) is 0.572. The molecule has 1 fully saturated rings. The molecule has 1 N–H and O–H groups in total. The first-order chi connectivity index (χ1) is 12.1. The van der Waals surface area contributed by atoms with E-state index in [4.69, 9.17) is 4.98 Å². The van der Waals surface area contributed by atoms with Gasteiger partial charge in [-0.1, -0.05) is 0 Å². The fraction of sp³-hybridized carbons (Fsp3) is 0.278. The lowest BCUT2D eigenvalue weighted by Gasteiger charge is -2.34. The van der Waals surface area contributed by atoms with Gasteiger partial charge in [0.15, 0.2) is 5.65 Å². The number of aromatic nitrogens is 4. The Bertz CT molecular complexity index is 1080. The van der Waals surface area contributed by atoms with E-state index in [1.807, 2.05) is 18.2 Å². The minimum Gasteiger partial charge on any atom is -0.261 e. The summed E-state index contributed by atoms with van der Waals surface area (Å²) in [6, 6.07) is 8.08. The topological polar surface area (TPSA) is 54.5 Å². The Hall–Kier alpha value is -2.41. The van der Waals surface area contributed by atoms with E-state index < -0.39 is 5.92 Å². The van der Waals surface area contributed by atoms with Crippen LogP contribution in [0.5, 0.6) is 0 Å². The molecule has 1 aliphatic rings.